The lowest BCUT2D eigenvalue weighted by Gasteiger charge is -2.44. The molecule has 0 aromatic heterocycles. The number of hydrogen-bond acceptors (Lipinski definition) is 3. The molecule has 1 aromatic rings. The summed E-state index contributed by atoms with van der Waals surface area (Å²) in [6.45, 7) is 0.778. The smallest absolute Gasteiger partial charge is 0.303 e. The lowest BCUT2D eigenvalue weighted by Crippen LogP contribution is -2.37. The van der Waals surface area contributed by atoms with Gasteiger partial charge in [-0.25, -0.2) is 0 Å². The van der Waals surface area contributed by atoms with E-state index in [4.69, 9.17) is 10.8 Å². The average molecular weight is 496 g/mol. The van der Waals surface area contributed by atoms with Crippen LogP contribution in [0.25, 0.3) is 0 Å². The molecule has 4 heteroatoms. The predicted molar refractivity (Wildman–Crippen MR) is 149 cm³/mol. The van der Waals surface area contributed by atoms with Crippen molar-refractivity contribution < 1.29 is 15.0 Å². The van der Waals surface area contributed by atoms with E-state index in [1.807, 2.05) is 12.1 Å². The molecule has 0 amide bonds. The van der Waals surface area contributed by atoms with Crippen molar-refractivity contribution in [3.8, 4) is 5.75 Å². The second kappa shape index (κ2) is 15.2. The minimum absolute atomic E-state index is 0.164. The molecule has 1 aromatic carbocycles. The van der Waals surface area contributed by atoms with Gasteiger partial charge in [-0.3, -0.25) is 4.79 Å². The van der Waals surface area contributed by atoms with Gasteiger partial charge in [0.1, 0.15) is 5.75 Å². The van der Waals surface area contributed by atoms with E-state index in [0.717, 1.165) is 25.3 Å². The van der Waals surface area contributed by atoms with E-state index in [0.29, 0.717) is 18.1 Å². The molecule has 0 aliphatic heterocycles. The number of hydrogen-bond donors (Lipinski definition) is 3. The number of unbranched alkanes of at least 4 members (excludes halogenated alkanes) is 3. The van der Waals surface area contributed by atoms with E-state index in [1.54, 1.807) is 5.57 Å². The van der Waals surface area contributed by atoms with E-state index in [-0.39, 0.29) is 11.8 Å². The quantitative estimate of drug-likeness (QED) is 0.160. The summed E-state index contributed by atoms with van der Waals surface area (Å²) in [6, 6.07) is 8.00. The van der Waals surface area contributed by atoms with Gasteiger partial charge in [0.05, 0.1) is 0 Å². The number of nitrogens with two attached hydrogens (primary N) is 1. The van der Waals surface area contributed by atoms with Crippen molar-refractivity contribution in [1.29, 1.82) is 0 Å². The first-order chi connectivity index (χ1) is 17.5. The normalized spacial score (nSPS) is 20.5. The molecule has 0 unspecified atom stereocenters. The molecule has 2 atom stereocenters. The van der Waals surface area contributed by atoms with Crippen molar-refractivity contribution in [2.24, 2.45) is 17.6 Å². The van der Waals surface area contributed by atoms with Crippen molar-refractivity contribution in [2.75, 3.05) is 6.54 Å². The number of aliphatic carboxylic acids is 1. The molecule has 1 saturated carbocycles. The van der Waals surface area contributed by atoms with Gasteiger partial charge in [-0.15, -0.1) is 0 Å². The Balaban J connectivity index is 1.57. The number of carbonyl (C=O) groups is 1. The zero-order valence-corrected chi connectivity index (χ0v) is 22.3. The highest BCUT2D eigenvalue weighted by molar-refractivity contribution is 5.66. The summed E-state index contributed by atoms with van der Waals surface area (Å²) in [5, 5.41) is 18.9. The summed E-state index contributed by atoms with van der Waals surface area (Å²) in [5.41, 5.74) is 8.84. The number of carboxylic acid groups (broad SMARTS) is 1. The minimum atomic E-state index is -0.729. The molecule has 0 radical (unpaired) electrons. The standard InChI is InChI=1S/C32H49NO3/c33-24-21-27-16-15-26(25-27)11-5-1-2-6-12-28(13-7-3-8-14-31(35)36)32(22-9-4-10-23-32)29-17-19-30(34)20-18-29/h3,7,17-20,25-26,28,34H,1-2,4-6,8-16,21-24,33H2,(H,35,36)/t26-,28-/m1/s1. The van der Waals surface area contributed by atoms with Crippen LogP contribution in [-0.2, 0) is 10.2 Å². The fourth-order valence-corrected chi connectivity index (χ4v) is 6.76. The number of allylic oxidation sites excluding steroid dienone is 3. The number of phenols is 1. The zero-order chi connectivity index (χ0) is 25.6. The molecule has 4 nitrogen and oxygen atoms in total. The van der Waals surface area contributed by atoms with Crippen molar-refractivity contribution in [3.05, 3.63) is 53.6 Å². The fourth-order valence-electron chi connectivity index (χ4n) is 6.76. The lowest BCUT2D eigenvalue weighted by atomic mass is 9.60. The molecule has 200 valence electrons. The monoisotopic (exact) mass is 495 g/mol. The highest BCUT2D eigenvalue weighted by Crippen LogP contribution is 2.48. The Morgan fingerprint density at radius 3 is 2.53 bits per heavy atom. The predicted octanol–water partition coefficient (Wildman–Crippen LogP) is 8.05. The molecular formula is C32H49NO3. The molecule has 0 bridgehead atoms. The summed E-state index contributed by atoms with van der Waals surface area (Å²) in [6.07, 6.45) is 26.3. The SMILES string of the molecule is NCCC1=C[C@H](CCCCCC[C@H](CC=CCCC(=O)O)C2(c3ccc(O)cc3)CCCCC2)CC1. The largest absolute Gasteiger partial charge is 0.508 e. The van der Waals surface area contributed by atoms with E-state index < -0.39 is 5.97 Å². The van der Waals surface area contributed by atoms with Crippen LogP contribution in [0.1, 0.15) is 115 Å². The third-order valence-electron chi connectivity index (χ3n) is 8.73. The first-order valence-corrected chi connectivity index (χ1v) is 14.6. The van der Waals surface area contributed by atoms with Gasteiger partial charge in [-0.2, -0.15) is 0 Å². The van der Waals surface area contributed by atoms with Gasteiger partial charge in [-0.05, 0) is 99.3 Å². The first kappa shape index (κ1) is 28.5. The minimum Gasteiger partial charge on any atom is -0.508 e. The summed E-state index contributed by atoms with van der Waals surface area (Å²) in [4.78, 5) is 10.9. The summed E-state index contributed by atoms with van der Waals surface area (Å²) < 4.78 is 0. The third-order valence-corrected chi connectivity index (χ3v) is 8.73. The van der Waals surface area contributed by atoms with Gasteiger partial charge in [0.2, 0.25) is 0 Å². The highest BCUT2D eigenvalue weighted by atomic mass is 16.4. The number of benzene rings is 1. The Bertz CT molecular complexity index is 835. The Morgan fingerprint density at radius 2 is 1.81 bits per heavy atom. The molecule has 36 heavy (non-hydrogen) atoms. The van der Waals surface area contributed by atoms with Crippen LogP contribution in [0.15, 0.2) is 48.1 Å². The molecule has 2 aliphatic carbocycles. The second-order valence-electron chi connectivity index (χ2n) is 11.3. The fraction of sp³-hybridized carbons (Fsp3) is 0.656. The number of aromatic hydroxyl groups is 1. The maximum atomic E-state index is 10.9. The van der Waals surface area contributed by atoms with Gasteiger partial charge < -0.3 is 15.9 Å². The first-order valence-electron chi connectivity index (χ1n) is 14.6. The summed E-state index contributed by atoms with van der Waals surface area (Å²) in [5.74, 6) is 0.935. The second-order valence-corrected chi connectivity index (χ2v) is 11.3. The number of rotatable bonds is 16. The molecule has 0 saturated heterocycles. The Kier molecular flexibility index (Phi) is 12.1. The number of carboxylic acids is 1. The third kappa shape index (κ3) is 8.80. The molecule has 1 fully saturated rings. The Morgan fingerprint density at radius 1 is 1.06 bits per heavy atom. The molecular weight excluding hydrogens is 446 g/mol. The molecule has 4 N–H and O–H groups in total. The number of phenolic OH excluding ortho intramolecular Hbond substituents is 1. The van der Waals surface area contributed by atoms with Crippen LogP contribution in [0.3, 0.4) is 0 Å². The average Bonchev–Trinajstić information content (AvgIpc) is 3.32. The zero-order valence-electron chi connectivity index (χ0n) is 22.3. The van der Waals surface area contributed by atoms with E-state index >= 15 is 0 Å². The van der Waals surface area contributed by atoms with E-state index in [9.17, 15) is 9.90 Å². The van der Waals surface area contributed by atoms with Gasteiger partial charge in [0, 0.05) is 6.42 Å². The van der Waals surface area contributed by atoms with Crippen LogP contribution >= 0.6 is 0 Å². The molecule has 3 rings (SSSR count). The maximum Gasteiger partial charge on any atom is 0.303 e. The van der Waals surface area contributed by atoms with Gasteiger partial charge >= 0.3 is 5.97 Å². The van der Waals surface area contributed by atoms with E-state index in [2.05, 4.69) is 30.4 Å². The Labute approximate surface area is 219 Å². The van der Waals surface area contributed by atoms with Crippen LogP contribution < -0.4 is 5.73 Å². The topological polar surface area (TPSA) is 83.6 Å². The van der Waals surface area contributed by atoms with E-state index in [1.165, 1.54) is 89.0 Å². The summed E-state index contributed by atoms with van der Waals surface area (Å²) >= 11 is 0. The molecule has 2 aliphatic rings. The van der Waals surface area contributed by atoms with Crippen molar-refractivity contribution in [3.63, 3.8) is 0 Å². The summed E-state index contributed by atoms with van der Waals surface area (Å²) in [7, 11) is 0. The van der Waals surface area contributed by atoms with Gasteiger partial charge in [0.15, 0.2) is 0 Å². The van der Waals surface area contributed by atoms with Crippen molar-refractivity contribution >= 4 is 5.97 Å². The van der Waals surface area contributed by atoms with Crippen LogP contribution in [0.5, 0.6) is 5.75 Å². The van der Waals surface area contributed by atoms with Gasteiger partial charge in [0.25, 0.3) is 0 Å². The lowest BCUT2D eigenvalue weighted by molar-refractivity contribution is -0.136. The highest BCUT2D eigenvalue weighted by Gasteiger charge is 2.40. The van der Waals surface area contributed by atoms with Crippen molar-refractivity contribution in [1.82, 2.24) is 0 Å². The van der Waals surface area contributed by atoms with Crippen LogP contribution in [0.4, 0.5) is 0 Å². The maximum absolute atomic E-state index is 10.9. The van der Waals surface area contributed by atoms with Crippen LogP contribution in [0.2, 0.25) is 0 Å². The van der Waals surface area contributed by atoms with Crippen molar-refractivity contribution in [2.45, 2.75) is 115 Å². The van der Waals surface area contributed by atoms with Gasteiger partial charge in [-0.1, -0.05) is 80.9 Å². The molecule has 0 spiro atoms. The van der Waals surface area contributed by atoms with Crippen LogP contribution in [0, 0.1) is 11.8 Å². The van der Waals surface area contributed by atoms with Crippen LogP contribution in [-0.4, -0.2) is 22.7 Å². The molecule has 0 heterocycles. The Hall–Kier alpha value is -2.07.